The highest BCUT2D eigenvalue weighted by molar-refractivity contribution is 5.97. The maximum atomic E-state index is 12.2. The van der Waals surface area contributed by atoms with Gasteiger partial charge >= 0.3 is 0 Å². The van der Waals surface area contributed by atoms with E-state index in [-0.39, 0.29) is 5.91 Å². The zero-order valence-electron chi connectivity index (χ0n) is 11.1. The van der Waals surface area contributed by atoms with Crippen LogP contribution in [0.5, 0.6) is 0 Å². The third-order valence-corrected chi connectivity index (χ3v) is 3.85. The number of nitrogens with one attached hydrogen (secondary N) is 2. The Bertz CT molecular complexity index is 586. The quantitative estimate of drug-likeness (QED) is 0.865. The van der Waals surface area contributed by atoms with Crippen molar-refractivity contribution in [3.05, 3.63) is 30.0 Å². The number of hydrogen-bond acceptors (Lipinski definition) is 2. The largest absolute Gasteiger partial charge is 0.349 e. The molecule has 1 fully saturated rings. The zero-order chi connectivity index (χ0) is 13.2. The van der Waals surface area contributed by atoms with Crippen molar-refractivity contribution in [1.82, 2.24) is 15.5 Å². The van der Waals surface area contributed by atoms with E-state index in [0.717, 1.165) is 29.7 Å². The molecule has 1 aliphatic carbocycles. The Hall–Kier alpha value is -1.84. The summed E-state index contributed by atoms with van der Waals surface area (Å²) < 4.78 is 0. The molecule has 1 atom stereocenters. The fourth-order valence-electron chi connectivity index (χ4n) is 2.43. The molecule has 0 saturated heterocycles. The summed E-state index contributed by atoms with van der Waals surface area (Å²) in [5, 5.41) is 11.0. The molecule has 4 nitrogen and oxygen atoms in total. The van der Waals surface area contributed by atoms with Crippen LogP contribution in [0.3, 0.4) is 0 Å². The fraction of sp³-hybridized carbons (Fsp3) is 0.467. The number of aromatic amines is 1. The summed E-state index contributed by atoms with van der Waals surface area (Å²) in [4.78, 5) is 12.2. The predicted octanol–water partition coefficient (Wildman–Crippen LogP) is 2.87. The Kier molecular flexibility index (Phi) is 3.23. The van der Waals surface area contributed by atoms with Gasteiger partial charge in [0, 0.05) is 17.0 Å². The van der Waals surface area contributed by atoms with E-state index in [1.807, 2.05) is 18.2 Å². The molecule has 4 heteroatoms. The first kappa shape index (κ1) is 12.2. The summed E-state index contributed by atoms with van der Waals surface area (Å²) in [7, 11) is 0. The van der Waals surface area contributed by atoms with Crippen LogP contribution in [-0.2, 0) is 0 Å². The van der Waals surface area contributed by atoms with Crippen molar-refractivity contribution >= 4 is 16.8 Å². The van der Waals surface area contributed by atoms with Gasteiger partial charge in [-0.1, -0.05) is 25.8 Å². The summed E-state index contributed by atoms with van der Waals surface area (Å²) in [6.45, 7) is 2.13. The van der Waals surface area contributed by atoms with E-state index < -0.39 is 0 Å². The number of amides is 1. The average Bonchev–Trinajstić information content (AvgIpc) is 3.11. The lowest BCUT2D eigenvalue weighted by atomic mass is 10.1. The first-order valence-electron chi connectivity index (χ1n) is 7.00. The van der Waals surface area contributed by atoms with E-state index in [9.17, 15) is 4.79 Å². The van der Waals surface area contributed by atoms with Gasteiger partial charge in [0.2, 0.25) is 0 Å². The van der Waals surface area contributed by atoms with E-state index in [2.05, 4.69) is 22.4 Å². The number of fused-ring (bicyclic) bond motifs is 1. The van der Waals surface area contributed by atoms with Crippen LogP contribution < -0.4 is 5.32 Å². The zero-order valence-corrected chi connectivity index (χ0v) is 11.1. The van der Waals surface area contributed by atoms with Gasteiger partial charge in [0.1, 0.15) is 0 Å². The molecule has 1 saturated carbocycles. The van der Waals surface area contributed by atoms with Gasteiger partial charge in [-0.25, -0.2) is 0 Å². The third kappa shape index (κ3) is 2.78. The molecular weight excluding hydrogens is 238 g/mol. The molecular formula is C15H19N3O. The summed E-state index contributed by atoms with van der Waals surface area (Å²) >= 11 is 0. The highest BCUT2D eigenvalue weighted by atomic mass is 16.1. The van der Waals surface area contributed by atoms with Gasteiger partial charge in [0.05, 0.1) is 11.7 Å². The van der Waals surface area contributed by atoms with Crippen LogP contribution in [0.25, 0.3) is 10.9 Å². The monoisotopic (exact) mass is 257 g/mol. The minimum atomic E-state index is 0.0176. The Labute approximate surface area is 112 Å². The molecule has 100 valence electrons. The molecule has 3 rings (SSSR count). The van der Waals surface area contributed by atoms with Crippen molar-refractivity contribution in [3.8, 4) is 0 Å². The first-order chi connectivity index (χ1) is 9.26. The summed E-state index contributed by atoms with van der Waals surface area (Å²) in [5.41, 5.74) is 1.61. The van der Waals surface area contributed by atoms with Gasteiger partial charge in [0.25, 0.3) is 5.91 Å². The molecule has 2 aromatic rings. The number of nitrogens with zero attached hydrogens (tertiary/aromatic N) is 1. The average molecular weight is 257 g/mol. The summed E-state index contributed by atoms with van der Waals surface area (Å²) in [6, 6.07) is 5.95. The molecule has 1 unspecified atom stereocenters. The maximum Gasteiger partial charge on any atom is 0.251 e. The van der Waals surface area contributed by atoms with E-state index in [4.69, 9.17) is 0 Å². The molecule has 2 N–H and O–H groups in total. The van der Waals surface area contributed by atoms with Crippen LogP contribution in [0.1, 0.15) is 43.0 Å². The normalized spacial score (nSPS) is 16.5. The fourth-order valence-corrected chi connectivity index (χ4v) is 2.43. The van der Waals surface area contributed by atoms with Crippen LogP contribution in [0.4, 0.5) is 0 Å². The van der Waals surface area contributed by atoms with E-state index >= 15 is 0 Å². The first-order valence-corrected chi connectivity index (χ1v) is 7.00. The molecule has 0 radical (unpaired) electrons. The van der Waals surface area contributed by atoms with E-state index in [0.29, 0.717) is 11.6 Å². The molecule has 0 aliphatic heterocycles. The number of H-pyrrole nitrogens is 1. The van der Waals surface area contributed by atoms with Crippen LogP contribution in [0, 0.1) is 5.92 Å². The minimum Gasteiger partial charge on any atom is -0.349 e. The van der Waals surface area contributed by atoms with E-state index in [1.165, 1.54) is 12.8 Å². The number of carbonyl (C=O) groups is 1. The smallest absolute Gasteiger partial charge is 0.251 e. The van der Waals surface area contributed by atoms with Crippen molar-refractivity contribution < 1.29 is 4.79 Å². The molecule has 1 aromatic heterocycles. The Morgan fingerprint density at radius 3 is 3.11 bits per heavy atom. The topological polar surface area (TPSA) is 57.8 Å². The number of carbonyl (C=O) groups excluding carboxylic acids is 1. The van der Waals surface area contributed by atoms with Crippen LogP contribution in [-0.4, -0.2) is 22.1 Å². The molecule has 0 bridgehead atoms. The summed E-state index contributed by atoms with van der Waals surface area (Å²) in [6.07, 6.45) is 6.53. The molecule has 1 amide bonds. The Morgan fingerprint density at radius 1 is 1.53 bits per heavy atom. The van der Waals surface area contributed by atoms with Gasteiger partial charge in [-0.05, 0) is 30.9 Å². The van der Waals surface area contributed by atoms with Crippen molar-refractivity contribution in [1.29, 1.82) is 0 Å². The lowest BCUT2D eigenvalue weighted by Crippen LogP contribution is -2.34. The second kappa shape index (κ2) is 5.03. The highest BCUT2D eigenvalue weighted by Gasteiger charge is 2.25. The summed E-state index contributed by atoms with van der Waals surface area (Å²) in [5.74, 6) is 0.851. The molecule has 0 spiro atoms. The Balaban J connectivity index is 1.70. The second-order valence-corrected chi connectivity index (χ2v) is 5.43. The molecule has 1 aromatic carbocycles. The SMILES string of the molecule is CCC(CC1CC1)NC(=O)c1ccc2cn[nH]c2c1. The van der Waals surface area contributed by atoms with Gasteiger partial charge in [-0.2, -0.15) is 5.10 Å². The predicted molar refractivity (Wildman–Crippen MR) is 75.0 cm³/mol. The van der Waals surface area contributed by atoms with Gasteiger partial charge in [-0.15, -0.1) is 0 Å². The Morgan fingerprint density at radius 2 is 2.37 bits per heavy atom. The second-order valence-electron chi connectivity index (χ2n) is 5.43. The number of benzene rings is 1. The third-order valence-electron chi connectivity index (χ3n) is 3.85. The lowest BCUT2D eigenvalue weighted by molar-refractivity contribution is 0.0933. The lowest BCUT2D eigenvalue weighted by Gasteiger charge is -2.16. The molecule has 19 heavy (non-hydrogen) atoms. The van der Waals surface area contributed by atoms with Crippen LogP contribution >= 0.6 is 0 Å². The van der Waals surface area contributed by atoms with Gasteiger partial charge in [0.15, 0.2) is 0 Å². The number of rotatable bonds is 5. The standard InChI is InChI=1S/C15H19N3O/c1-2-13(7-10-3-4-10)17-15(19)11-5-6-12-9-16-18-14(12)8-11/h5-6,8-10,13H,2-4,7H2,1H3,(H,16,18)(H,17,19). The van der Waals surface area contributed by atoms with Crippen molar-refractivity contribution in [2.24, 2.45) is 5.92 Å². The number of aromatic nitrogens is 2. The number of hydrogen-bond donors (Lipinski definition) is 2. The van der Waals surface area contributed by atoms with Crippen molar-refractivity contribution in [2.75, 3.05) is 0 Å². The highest BCUT2D eigenvalue weighted by Crippen LogP contribution is 2.34. The van der Waals surface area contributed by atoms with E-state index in [1.54, 1.807) is 6.20 Å². The molecule has 1 aliphatic rings. The van der Waals surface area contributed by atoms with Crippen molar-refractivity contribution in [3.63, 3.8) is 0 Å². The van der Waals surface area contributed by atoms with Crippen LogP contribution in [0.15, 0.2) is 24.4 Å². The maximum absolute atomic E-state index is 12.2. The van der Waals surface area contributed by atoms with Gasteiger partial charge in [-0.3, -0.25) is 9.89 Å². The van der Waals surface area contributed by atoms with Crippen molar-refractivity contribution in [2.45, 2.75) is 38.6 Å². The molecule has 1 heterocycles. The van der Waals surface area contributed by atoms with Crippen LogP contribution in [0.2, 0.25) is 0 Å². The minimum absolute atomic E-state index is 0.0176. The van der Waals surface area contributed by atoms with Gasteiger partial charge < -0.3 is 5.32 Å².